The summed E-state index contributed by atoms with van der Waals surface area (Å²) < 4.78 is 2.25. The molecule has 0 fully saturated rings. The molecule has 0 unspecified atom stereocenters. The number of benzene rings is 4. The van der Waals surface area contributed by atoms with Gasteiger partial charge in [0.25, 0.3) is 0 Å². The number of hydrogen-bond donors (Lipinski definition) is 0. The van der Waals surface area contributed by atoms with Gasteiger partial charge in [-0.2, -0.15) is 73.9 Å². The quantitative estimate of drug-likeness (QED) is 0.117. The van der Waals surface area contributed by atoms with Gasteiger partial charge in [0.2, 0.25) is 0 Å². The Morgan fingerprint density at radius 3 is 1.44 bits per heavy atom. The molecule has 0 amide bonds. The van der Waals surface area contributed by atoms with E-state index < -0.39 is 0 Å². The van der Waals surface area contributed by atoms with Gasteiger partial charge in [-0.05, 0) is 46.5 Å². The normalized spacial score (nSPS) is 10.1. The summed E-state index contributed by atoms with van der Waals surface area (Å²) in [6.45, 7) is 23.3. The van der Waals surface area contributed by atoms with E-state index in [1.54, 1.807) is 0 Å². The molecule has 0 radical (unpaired) electrons. The van der Waals surface area contributed by atoms with Gasteiger partial charge < -0.3 is 14.9 Å². The fraction of sp³-hybridized carbons (Fsp3) is 0.227. The third-order valence-electron chi connectivity index (χ3n) is 7.45. The maximum Gasteiger partial charge on any atom is 0.0350 e. The maximum atomic E-state index is 5.01. The van der Waals surface area contributed by atoms with Gasteiger partial charge in [-0.3, -0.25) is 0 Å². The van der Waals surface area contributed by atoms with E-state index in [4.69, 9.17) is 10.3 Å². The molecule has 6 rings (SSSR count). The molecule has 0 saturated carbocycles. The minimum atomic E-state index is 0. The van der Waals surface area contributed by atoms with Gasteiger partial charge in [0.15, 0.2) is 0 Å². The summed E-state index contributed by atoms with van der Waals surface area (Å²) in [6.07, 6.45) is 4.49. The summed E-state index contributed by atoms with van der Waals surface area (Å²) in [5.74, 6) is 1.66. The SMILES string of the molecule is CCCCn1ccc2ccc([N-]c3c(C(C)C)cccc3C(C)C)nc21.[CH2-]c1ccccc1.[CH2-]c1ccccc1.[CH2-]c1ccccc1.[Hf]. The van der Waals surface area contributed by atoms with E-state index in [2.05, 4.69) is 96.5 Å². The van der Waals surface area contributed by atoms with E-state index in [1.165, 1.54) is 29.4 Å². The monoisotopic (exact) mass is 801 g/mol. The third kappa shape index (κ3) is 13.5. The van der Waals surface area contributed by atoms with Crippen LogP contribution in [-0.2, 0) is 32.4 Å². The first-order chi connectivity index (χ1) is 22.7. The summed E-state index contributed by atoms with van der Waals surface area (Å²) in [7, 11) is 0. The minimum Gasteiger partial charge on any atom is -0.436 e. The van der Waals surface area contributed by atoms with Crippen LogP contribution in [0.25, 0.3) is 16.4 Å². The maximum absolute atomic E-state index is 5.01. The summed E-state index contributed by atoms with van der Waals surface area (Å²) in [5, 5.41) is 6.19. The zero-order valence-electron chi connectivity index (χ0n) is 29.4. The van der Waals surface area contributed by atoms with Gasteiger partial charge in [0.05, 0.1) is 0 Å². The van der Waals surface area contributed by atoms with Crippen molar-refractivity contribution in [1.82, 2.24) is 9.55 Å². The van der Waals surface area contributed by atoms with Gasteiger partial charge in [0, 0.05) is 44.2 Å². The molecule has 0 N–H and O–H groups in total. The topological polar surface area (TPSA) is 31.9 Å². The standard InChI is InChI=1S/C23H30N3.3C7H7.Hf/c1-6-7-14-26-15-13-18-11-12-21(25-23(18)26)24-22-19(16(2)3)9-8-10-20(22)17(4)5;3*1-7-5-3-2-4-6-7;/h8-13,15-17H,6-7,14H2,1-5H3;3*2-6H,1H2;/q4*-1;. The molecule has 0 spiro atoms. The molecule has 0 aliphatic rings. The fourth-order valence-corrected chi connectivity index (χ4v) is 4.81. The van der Waals surface area contributed by atoms with Crippen LogP contribution in [0.15, 0.2) is 134 Å². The summed E-state index contributed by atoms with van der Waals surface area (Å²) in [5.41, 5.74) is 7.93. The molecule has 2 heterocycles. The molecule has 4 heteroatoms. The molecule has 2 aromatic heterocycles. The van der Waals surface area contributed by atoms with Crippen LogP contribution in [0.2, 0.25) is 0 Å². The Balaban J connectivity index is 0.000000292. The van der Waals surface area contributed by atoms with Crippen molar-refractivity contribution in [3.63, 3.8) is 0 Å². The number of aromatic nitrogens is 2. The Labute approximate surface area is 309 Å². The summed E-state index contributed by atoms with van der Waals surface area (Å²) >= 11 is 0. The first kappa shape index (κ1) is 40.0. The van der Waals surface area contributed by atoms with E-state index >= 15 is 0 Å². The second-order valence-electron chi connectivity index (χ2n) is 12.1. The first-order valence-electron chi connectivity index (χ1n) is 16.6. The number of aryl methyl sites for hydroxylation is 1. The molecule has 4 aromatic carbocycles. The molecule has 48 heavy (non-hydrogen) atoms. The predicted molar refractivity (Wildman–Crippen MR) is 205 cm³/mol. The van der Waals surface area contributed by atoms with Crippen molar-refractivity contribution in [2.24, 2.45) is 0 Å². The molecule has 250 valence electrons. The second kappa shape index (κ2) is 21.7. The number of nitrogens with zero attached hydrogens (tertiary/aromatic N) is 3. The summed E-state index contributed by atoms with van der Waals surface area (Å²) in [6, 6.07) is 42.5. The van der Waals surface area contributed by atoms with Crippen molar-refractivity contribution in [3.8, 4) is 0 Å². The Morgan fingerprint density at radius 2 is 1.06 bits per heavy atom. The average Bonchev–Trinajstić information content (AvgIpc) is 3.47. The summed E-state index contributed by atoms with van der Waals surface area (Å²) in [4.78, 5) is 4.88. The zero-order valence-corrected chi connectivity index (χ0v) is 33.0. The van der Waals surface area contributed by atoms with Crippen LogP contribution in [-0.4, -0.2) is 9.55 Å². The third-order valence-corrected chi connectivity index (χ3v) is 7.45. The van der Waals surface area contributed by atoms with Crippen molar-refractivity contribution in [3.05, 3.63) is 187 Å². The van der Waals surface area contributed by atoms with Crippen LogP contribution in [0.3, 0.4) is 0 Å². The number of hydrogen-bond acceptors (Lipinski definition) is 1. The van der Waals surface area contributed by atoms with E-state index in [1.807, 2.05) is 97.1 Å². The smallest absolute Gasteiger partial charge is 0.0350 e. The predicted octanol–water partition coefficient (Wildman–Crippen LogP) is 13.0. The van der Waals surface area contributed by atoms with Gasteiger partial charge in [-0.1, -0.05) is 95.4 Å². The largest absolute Gasteiger partial charge is 0.436 e. The van der Waals surface area contributed by atoms with E-state index in [0.29, 0.717) is 11.8 Å². The minimum absolute atomic E-state index is 0. The first-order valence-corrected chi connectivity index (χ1v) is 16.6. The number of fused-ring (bicyclic) bond motifs is 1. The Hall–Kier alpha value is -4.15. The van der Waals surface area contributed by atoms with Crippen molar-refractivity contribution >= 4 is 22.5 Å². The zero-order chi connectivity index (χ0) is 34.0. The molecule has 0 aliphatic heterocycles. The fourth-order valence-electron chi connectivity index (χ4n) is 4.81. The molecule has 0 aliphatic carbocycles. The van der Waals surface area contributed by atoms with Crippen molar-refractivity contribution in [2.45, 2.75) is 65.8 Å². The van der Waals surface area contributed by atoms with Crippen molar-refractivity contribution in [2.75, 3.05) is 0 Å². The van der Waals surface area contributed by atoms with Gasteiger partial charge in [-0.25, -0.2) is 0 Å². The molecular formula is C44H51HfN3-4. The molecule has 0 atom stereocenters. The van der Waals surface area contributed by atoms with E-state index in [0.717, 1.165) is 40.4 Å². The van der Waals surface area contributed by atoms with Crippen molar-refractivity contribution < 1.29 is 25.8 Å². The van der Waals surface area contributed by atoms with Crippen LogP contribution in [0.1, 0.15) is 87.1 Å². The number of para-hydroxylation sites is 1. The average molecular weight is 800 g/mol. The molecule has 6 aromatic rings. The molecule has 0 bridgehead atoms. The van der Waals surface area contributed by atoms with Crippen LogP contribution in [0, 0.1) is 20.8 Å². The Kier molecular flexibility index (Phi) is 18.1. The Bertz CT molecular complexity index is 1590. The van der Waals surface area contributed by atoms with Crippen LogP contribution < -0.4 is 0 Å². The molecule has 0 saturated heterocycles. The number of pyridine rings is 1. The van der Waals surface area contributed by atoms with Crippen LogP contribution in [0.5, 0.6) is 0 Å². The second-order valence-corrected chi connectivity index (χ2v) is 12.1. The molecular weight excluding hydrogens is 749 g/mol. The van der Waals surface area contributed by atoms with Crippen molar-refractivity contribution in [1.29, 1.82) is 0 Å². The Morgan fingerprint density at radius 1 is 0.604 bits per heavy atom. The molecule has 3 nitrogen and oxygen atoms in total. The van der Waals surface area contributed by atoms with Crippen LogP contribution >= 0.6 is 0 Å². The van der Waals surface area contributed by atoms with Gasteiger partial charge in [0.1, 0.15) is 0 Å². The number of rotatable bonds is 7. The van der Waals surface area contributed by atoms with E-state index in [9.17, 15) is 0 Å². The van der Waals surface area contributed by atoms with Gasteiger partial charge in [-0.15, -0.1) is 36.4 Å². The number of unbranched alkanes of at least 4 members (excludes halogenated alkanes) is 1. The van der Waals surface area contributed by atoms with Crippen LogP contribution in [0.4, 0.5) is 11.5 Å². The van der Waals surface area contributed by atoms with E-state index in [-0.39, 0.29) is 25.8 Å². The van der Waals surface area contributed by atoms with Gasteiger partial charge >= 0.3 is 0 Å².